The molecule has 0 bridgehead atoms. The number of esters is 1. The highest BCUT2D eigenvalue weighted by molar-refractivity contribution is 5.96. The maximum atomic E-state index is 13.5. The first-order valence-corrected chi connectivity index (χ1v) is 11.7. The third kappa shape index (κ3) is 5.52. The number of aromatic nitrogens is 1. The van der Waals surface area contributed by atoms with Gasteiger partial charge in [-0.1, -0.05) is 29.8 Å². The van der Waals surface area contributed by atoms with Gasteiger partial charge in [-0.2, -0.15) is 0 Å². The molecule has 0 fully saturated rings. The summed E-state index contributed by atoms with van der Waals surface area (Å²) >= 11 is 0. The first kappa shape index (κ1) is 26.3. The number of fused-ring (bicyclic) bond motifs is 3. The Labute approximate surface area is 206 Å². The molecule has 8 heteroatoms. The molecular formula is C27H36N2O6. The zero-order chi connectivity index (χ0) is 26.3. The van der Waals surface area contributed by atoms with E-state index in [4.69, 9.17) is 14.2 Å². The molecular weight excluding hydrogens is 448 g/mol. The minimum atomic E-state index is -0.930. The normalized spacial score (nSPS) is 18.0. The Kier molecular flexibility index (Phi) is 7.07. The van der Waals surface area contributed by atoms with Crippen LogP contribution in [0.4, 0.5) is 9.59 Å². The van der Waals surface area contributed by atoms with Gasteiger partial charge in [0.05, 0.1) is 24.4 Å². The molecule has 2 heterocycles. The molecule has 2 atom stereocenters. The molecule has 1 aromatic carbocycles. The van der Waals surface area contributed by atoms with E-state index < -0.39 is 41.4 Å². The number of benzene rings is 1. The molecule has 1 aliphatic heterocycles. The molecule has 1 aliphatic rings. The zero-order valence-corrected chi connectivity index (χ0v) is 22.1. The van der Waals surface area contributed by atoms with Crippen LogP contribution in [0.3, 0.4) is 0 Å². The van der Waals surface area contributed by atoms with Crippen molar-refractivity contribution in [2.75, 3.05) is 7.11 Å². The SMILES string of the molecule is COC(=O)[C@@H]1Cc2c(n(C(=O)OC(C)(C)C)c3ccccc23)[C@H](C=C(C)C)N1C(=O)OC(C)(C)C. The summed E-state index contributed by atoms with van der Waals surface area (Å²) in [6, 6.07) is 5.77. The standard InChI is InChI=1S/C27H36N2O6/c1-16(2)14-20-22-18(15-21(23(30)33-9)28(20)24(31)34-26(3,4)5)17-12-10-11-13-19(17)29(22)25(32)35-27(6,7)8/h10-14,20-21H,15H2,1-9H3/t20-,21-/m0/s1. The van der Waals surface area contributed by atoms with Gasteiger partial charge in [-0.25, -0.2) is 19.0 Å². The van der Waals surface area contributed by atoms with E-state index in [1.165, 1.54) is 16.6 Å². The molecule has 35 heavy (non-hydrogen) atoms. The number of methoxy groups -OCH3 is 1. The van der Waals surface area contributed by atoms with Crippen LogP contribution in [-0.4, -0.2) is 52.0 Å². The van der Waals surface area contributed by atoms with E-state index >= 15 is 0 Å². The number of hydrogen-bond donors (Lipinski definition) is 0. The van der Waals surface area contributed by atoms with Gasteiger partial charge in [0.2, 0.25) is 0 Å². The highest BCUT2D eigenvalue weighted by atomic mass is 16.6. The second-order valence-corrected chi connectivity index (χ2v) is 11.0. The number of amides is 1. The lowest BCUT2D eigenvalue weighted by molar-refractivity contribution is -0.148. The lowest BCUT2D eigenvalue weighted by Gasteiger charge is -2.40. The number of carbonyl (C=O) groups is 3. The van der Waals surface area contributed by atoms with Crippen LogP contribution in [0.2, 0.25) is 0 Å². The van der Waals surface area contributed by atoms with E-state index in [-0.39, 0.29) is 6.42 Å². The van der Waals surface area contributed by atoms with Crippen LogP contribution in [-0.2, 0) is 25.4 Å². The summed E-state index contributed by atoms with van der Waals surface area (Å²) in [7, 11) is 1.30. The molecule has 0 spiro atoms. The van der Waals surface area contributed by atoms with Gasteiger partial charge in [0, 0.05) is 11.8 Å². The molecule has 0 saturated carbocycles. The van der Waals surface area contributed by atoms with Crippen LogP contribution in [0.1, 0.15) is 72.7 Å². The Balaban J connectivity index is 2.36. The van der Waals surface area contributed by atoms with Gasteiger partial charge in [-0.15, -0.1) is 0 Å². The number of ether oxygens (including phenoxy) is 3. The third-order valence-electron chi connectivity index (χ3n) is 5.48. The maximum absolute atomic E-state index is 13.5. The highest BCUT2D eigenvalue weighted by Crippen LogP contribution is 2.42. The summed E-state index contributed by atoms with van der Waals surface area (Å²) in [6.07, 6.45) is 0.812. The van der Waals surface area contributed by atoms with Gasteiger partial charge in [-0.05, 0) is 67.0 Å². The zero-order valence-electron chi connectivity index (χ0n) is 22.1. The van der Waals surface area contributed by atoms with Crippen molar-refractivity contribution in [2.45, 2.75) is 85.1 Å². The largest absolute Gasteiger partial charge is 0.467 e. The molecule has 0 radical (unpaired) electrons. The summed E-state index contributed by atoms with van der Waals surface area (Å²) in [4.78, 5) is 41.4. The van der Waals surface area contributed by atoms with Gasteiger partial charge >= 0.3 is 18.2 Å². The Hall–Kier alpha value is -3.29. The summed E-state index contributed by atoms with van der Waals surface area (Å²) < 4.78 is 18.1. The van der Waals surface area contributed by atoms with E-state index in [2.05, 4.69) is 0 Å². The van der Waals surface area contributed by atoms with Gasteiger partial charge in [-0.3, -0.25) is 4.90 Å². The van der Waals surface area contributed by atoms with Gasteiger partial charge in [0.15, 0.2) is 0 Å². The Morgan fingerprint density at radius 3 is 2.06 bits per heavy atom. The van der Waals surface area contributed by atoms with E-state index in [1.807, 2.05) is 44.2 Å². The molecule has 190 valence electrons. The summed E-state index contributed by atoms with van der Waals surface area (Å²) in [5, 5.41) is 0.818. The smallest absolute Gasteiger partial charge is 0.419 e. The highest BCUT2D eigenvalue weighted by Gasteiger charge is 2.46. The van der Waals surface area contributed by atoms with Crippen molar-refractivity contribution >= 4 is 29.1 Å². The molecule has 0 aliphatic carbocycles. The quantitative estimate of drug-likeness (QED) is 0.306. The minimum Gasteiger partial charge on any atom is -0.467 e. The molecule has 1 aromatic heterocycles. The fourth-order valence-electron chi connectivity index (χ4n) is 4.34. The summed E-state index contributed by atoms with van der Waals surface area (Å²) in [6.45, 7) is 14.5. The molecule has 2 aromatic rings. The van der Waals surface area contributed by atoms with Crippen LogP contribution in [0.25, 0.3) is 10.9 Å². The Bertz CT molecular complexity index is 1170. The van der Waals surface area contributed by atoms with E-state index in [9.17, 15) is 14.4 Å². The van der Waals surface area contributed by atoms with Crippen LogP contribution < -0.4 is 0 Å². The van der Waals surface area contributed by atoms with E-state index in [0.717, 1.165) is 16.5 Å². The van der Waals surface area contributed by atoms with Crippen molar-refractivity contribution in [3.05, 3.63) is 47.2 Å². The average Bonchev–Trinajstić information content (AvgIpc) is 3.04. The number of allylic oxidation sites excluding steroid dienone is 1. The monoisotopic (exact) mass is 484 g/mol. The van der Waals surface area contributed by atoms with Gasteiger partial charge < -0.3 is 14.2 Å². The first-order valence-electron chi connectivity index (χ1n) is 11.7. The third-order valence-corrected chi connectivity index (χ3v) is 5.48. The maximum Gasteiger partial charge on any atom is 0.419 e. The van der Waals surface area contributed by atoms with E-state index in [1.54, 1.807) is 41.5 Å². The fraction of sp³-hybridized carbons (Fsp3) is 0.519. The predicted molar refractivity (Wildman–Crippen MR) is 133 cm³/mol. The Morgan fingerprint density at radius 2 is 1.51 bits per heavy atom. The number of carbonyl (C=O) groups excluding carboxylic acids is 3. The molecule has 0 N–H and O–H groups in total. The second kappa shape index (κ2) is 9.40. The minimum absolute atomic E-state index is 0.171. The lowest BCUT2D eigenvalue weighted by Crippen LogP contribution is -2.53. The van der Waals surface area contributed by atoms with Gasteiger partial charge in [0.1, 0.15) is 17.2 Å². The van der Waals surface area contributed by atoms with Crippen LogP contribution in [0.15, 0.2) is 35.9 Å². The number of rotatable bonds is 2. The van der Waals surface area contributed by atoms with Crippen molar-refractivity contribution in [3.63, 3.8) is 0 Å². The van der Waals surface area contributed by atoms with Crippen molar-refractivity contribution < 1.29 is 28.6 Å². The Morgan fingerprint density at radius 1 is 0.943 bits per heavy atom. The van der Waals surface area contributed by atoms with Gasteiger partial charge in [0.25, 0.3) is 0 Å². The molecule has 8 nitrogen and oxygen atoms in total. The predicted octanol–water partition coefficient (Wildman–Crippen LogP) is 5.77. The summed E-state index contributed by atoms with van der Waals surface area (Å²) in [5.41, 5.74) is 1.41. The average molecular weight is 485 g/mol. The van der Waals surface area contributed by atoms with Crippen molar-refractivity contribution in [3.8, 4) is 0 Å². The van der Waals surface area contributed by atoms with Crippen LogP contribution in [0, 0.1) is 0 Å². The molecule has 1 amide bonds. The van der Waals surface area contributed by atoms with Crippen LogP contribution in [0.5, 0.6) is 0 Å². The van der Waals surface area contributed by atoms with E-state index in [0.29, 0.717) is 11.2 Å². The summed E-state index contributed by atoms with van der Waals surface area (Å²) in [5.74, 6) is -0.553. The fourth-order valence-corrected chi connectivity index (χ4v) is 4.34. The number of para-hydroxylation sites is 1. The number of nitrogens with zero attached hydrogens (tertiary/aromatic N) is 2. The lowest BCUT2D eigenvalue weighted by atomic mass is 9.91. The molecule has 0 unspecified atom stereocenters. The first-order chi connectivity index (χ1) is 16.1. The topological polar surface area (TPSA) is 87.1 Å². The van der Waals surface area contributed by atoms with Crippen molar-refractivity contribution in [1.82, 2.24) is 9.47 Å². The molecule has 0 saturated heterocycles. The molecule has 3 rings (SSSR count). The number of hydrogen-bond acceptors (Lipinski definition) is 6. The van der Waals surface area contributed by atoms with Crippen LogP contribution >= 0.6 is 0 Å². The van der Waals surface area contributed by atoms with Crippen molar-refractivity contribution in [1.29, 1.82) is 0 Å². The van der Waals surface area contributed by atoms with Crippen molar-refractivity contribution in [2.24, 2.45) is 0 Å². The second-order valence-electron chi connectivity index (χ2n) is 11.0.